The fourth-order valence-corrected chi connectivity index (χ4v) is 2.50. The predicted molar refractivity (Wildman–Crippen MR) is 67.3 cm³/mol. The summed E-state index contributed by atoms with van der Waals surface area (Å²) in [6, 6.07) is 8.20. The molecule has 2 aromatic rings. The maximum Gasteiger partial charge on any atom is 0.148 e. The van der Waals surface area contributed by atoms with E-state index in [0.717, 1.165) is 22.0 Å². The standard InChI is InChI=1S/C12H15N3S/c1-3-10(13)12-15-14-11(16-12)9-7-5-4-6-8(9)2/h4-7,10H,3,13H2,1-2H3. The maximum atomic E-state index is 5.93. The molecule has 0 radical (unpaired) electrons. The van der Waals surface area contributed by atoms with Crippen molar-refractivity contribution in [3.63, 3.8) is 0 Å². The van der Waals surface area contributed by atoms with Gasteiger partial charge >= 0.3 is 0 Å². The Morgan fingerprint density at radius 1 is 1.31 bits per heavy atom. The van der Waals surface area contributed by atoms with Crippen molar-refractivity contribution in [2.45, 2.75) is 26.3 Å². The van der Waals surface area contributed by atoms with Crippen molar-refractivity contribution in [2.75, 3.05) is 0 Å². The molecule has 0 spiro atoms. The summed E-state index contributed by atoms with van der Waals surface area (Å²) in [5, 5.41) is 10.2. The van der Waals surface area contributed by atoms with Gasteiger partial charge in [-0.15, -0.1) is 10.2 Å². The molecule has 0 saturated carbocycles. The van der Waals surface area contributed by atoms with Crippen molar-refractivity contribution in [1.82, 2.24) is 10.2 Å². The molecule has 0 amide bonds. The van der Waals surface area contributed by atoms with Crippen LogP contribution in [0.3, 0.4) is 0 Å². The van der Waals surface area contributed by atoms with Crippen molar-refractivity contribution in [1.29, 1.82) is 0 Å². The lowest BCUT2D eigenvalue weighted by Crippen LogP contribution is -2.07. The van der Waals surface area contributed by atoms with E-state index < -0.39 is 0 Å². The number of aromatic nitrogens is 2. The molecule has 2 N–H and O–H groups in total. The van der Waals surface area contributed by atoms with Crippen molar-refractivity contribution in [2.24, 2.45) is 5.73 Å². The van der Waals surface area contributed by atoms with E-state index >= 15 is 0 Å². The number of rotatable bonds is 3. The highest BCUT2D eigenvalue weighted by molar-refractivity contribution is 7.14. The van der Waals surface area contributed by atoms with Crippen LogP contribution in [-0.2, 0) is 0 Å². The van der Waals surface area contributed by atoms with Crippen LogP contribution in [0.5, 0.6) is 0 Å². The Morgan fingerprint density at radius 2 is 2.06 bits per heavy atom. The molecule has 0 fully saturated rings. The number of nitrogens with zero attached hydrogens (tertiary/aromatic N) is 2. The average Bonchev–Trinajstić information content (AvgIpc) is 2.78. The molecule has 3 nitrogen and oxygen atoms in total. The molecule has 1 aromatic carbocycles. The van der Waals surface area contributed by atoms with Gasteiger partial charge in [-0.1, -0.05) is 42.5 Å². The Morgan fingerprint density at radius 3 is 2.75 bits per heavy atom. The second kappa shape index (κ2) is 4.72. The molecular weight excluding hydrogens is 218 g/mol. The highest BCUT2D eigenvalue weighted by atomic mass is 32.1. The zero-order valence-corrected chi connectivity index (χ0v) is 10.3. The lowest BCUT2D eigenvalue weighted by molar-refractivity contribution is 0.683. The van der Waals surface area contributed by atoms with Crippen LogP contribution in [0.15, 0.2) is 24.3 Å². The number of benzene rings is 1. The zero-order valence-electron chi connectivity index (χ0n) is 9.47. The first kappa shape index (κ1) is 11.2. The lowest BCUT2D eigenvalue weighted by atomic mass is 10.1. The fraction of sp³-hybridized carbons (Fsp3) is 0.333. The predicted octanol–water partition coefficient (Wildman–Crippen LogP) is 2.92. The van der Waals surface area contributed by atoms with Gasteiger partial charge in [-0.2, -0.15) is 0 Å². The third-order valence-electron chi connectivity index (χ3n) is 2.57. The number of nitrogens with two attached hydrogens (primary N) is 1. The number of hydrogen-bond donors (Lipinski definition) is 1. The van der Waals surface area contributed by atoms with E-state index in [-0.39, 0.29) is 6.04 Å². The summed E-state index contributed by atoms with van der Waals surface area (Å²) in [6.45, 7) is 4.13. The summed E-state index contributed by atoms with van der Waals surface area (Å²) in [4.78, 5) is 0. The minimum absolute atomic E-state index is 0.00951. The van der Waals surface area contributed by atoms with E-state index in [4.69, 9.17) is 5.73 Å². The first-order valence-corrected chi connectivity index (χ1v) is 6.19. The summed E-state index contributed by atoms with van der Waals surface area (Å²) >= 11 is 1.59. The minimum Gasteiger partial charge on any atom is -0.322 e. The Labute approximate surface area is 99.3 Å². The highest BCUT2D eigenvalue weighted by Gasteiger charge is 2.12. The third-order valence-corrected chi connectivity index (χ3v) is 3.66. The molecule has 1 heterocycles. The van der Waals surface area contributed by atoms with Crippen molar-refractivity contribution >= 4 is 11.3 Å². The van der Waals surface area contributed by atoms with Gasteiger partial charge < -0.3 is 5.73 Å². The quantitative estimate of drug-likeness (QED) is 0.886. The van der Waals surface area contributed by atoms with Crippen molar-refractivity contribution in [3.8, 4) is 10.6 Å². The zero-order chi connectivity index (χ0) is 11.5. The molecule has 0 bridgehead atoms. The van der Waals surface area contributed by atoms with Crippen LogP contribution in [0.25, 0.3) is 10.6 Å². The monoisotopic (exact) mass is 233 g/mol. The lowest BCUT2D eigenvalue weighted by Gasteiger charge is -2.01. The van der Waals surface area contributed by atoms with Gasteiger partial charge in [-0.05, 0) is 18.9 Å². The van der Waals surface area contributed by atoms with Crippen LogP contribution < -0.4 is 5.73 Å². The van der Waals surface area contributed by atoms with Crippen molar-refractivity contribution < 1.29 is 0 Å². The maximum absolute atomic E-state index is 5.93. The number of aryl methyl sites for hydroxylation is 1. The Hall–Kier alpha value is -1.26. The first-order chi connectivity index (χ1) is 7.72. The van der Waals surface area contributed by atoms with Crippen LogP contribution in [0.4, 0.5) is 0 Å². The third kappa shape index (κ3) is 2.13. The summed E-state index contributed by atoms with van der Waals surface area (Å²) in [6.07, 6.45) is 0.891. The molecule has 2 rings (SSSR count). The van der Waals surface area contributed by atoms with Gasteiger partial charge in [0.1, 0.15) is 10.0 Å². The van der Waals surface area contributed by atoms with E-state index in [1.165, 1.54) is 5.56 Å². The summed E-state index contributed by atoms with van der Waals surface area (Å²) < 4.78 is 0. The normalized spacial score (nSPS) is 12.7. The van der Waals surface area contributed by atoms with Crippen LogP contribution in [0.2, 0.25) is 0 Å². The van der Waals surface area contributed by atoms with Gasteiger partial charge in [0.05, 0.1) is 6.04 Å². The van der Waals surface area contributed by atoms with Gasteiger partial charge in [-0.3, -0.25) is 0 Å². The summed E-state index contributed by atoms with van der Waals surface area (Å²) in [5.74, 6) is 0. The van der Waals surface area contributed by atoms with Crippen LogP contribution in [0.1, 0.15) is 30.0 Å². The summed E-state index contributed by atoms with van der Waals surface area (Å²) in [7, 11) is 0. The minimum atomic E-state index is 0.00951. The van der Waals surface area contributed by atoms with Gasteiger partial charge in [0.2, 0.25) is 0 Å². The Kier molecular flexibility index (Phi) is 3.31. The molecule has 1 atom stereocenters. The molecule has 0 saturated heterocycles. The van der Waals surface area contributed by atoms with Gasteiger partial charge in [0, 0.05) is 5.56 Å². The number of hydrogen-bond acceptors (Lipinski definition) is 4. The fourth-order valence-electron chi connectivity index (χ4n) is 1.48. The largest absolute Gasteiger partial charge is 0.322 e. The van der Waals surface area contributed by atoms with E-state index in [2.05, 4.69) is 36.2 Å². The van der Waals surface area contributed by atoms with Gasteiger partial charge in [-0.25, -0.2) is 0 Å². The molecule has 0 aliphatic carbocycles. The summed E-state index contributed by atoms with van der Waals surface area (Å²) in [5.41, 5.74) is 8.30. The van der Waals surface area contributed by atoms with E-state index in [9.17, 15) is 0 Å². The van der Waals surface area contributed by atoms with Gasteiger partial charge in [0.25, 0.3) is 0 Å². The highest BCUT2D eigenvalue weighted by Crippen LogP contribution is 2.28. The van der Waals surface area contributed by atoms with Crippen LogP contribution >= 0.6 is 11.3 Å². The molecule has 1 aromatic heterocycles. The SMILES string of the molecule is CCC(N)c1nnc(-c2ccccc2C)s1. The molecule has 1 unspecified atom stereocenters. The average molecular weight is 233 g/mol. The molecule has 0 aliphatic heterocycles. The Balaban J connectivity index is 2.35. The second-order valence-corrected chi connectivity index (χ2v) is 4.78. The smallest absolute Gasteiger partial charge is 0.148 e. The van der Waals surface area contributed by atoms with E-state index in [1.54, 1.807) is 11.3 Å². The van der Waals surface area contributed by atoms with E-state index in [1.807, 2.05) is 12.1 Å². The topological polar surface area (TPSA) is 51.8 Å². The van der Waals surface area contributed by atoms with Crippen LogP contribution in [-0.4, -0.2) is 10.2 Å². The molecule has 4 heteroatoms. The first-order valence-electron chi connectivity index (χ1n) is 5.37. The molecule has 16 heavy (non-hydrogen) atoms. The molecule has 84 valence electrons. The second-order valence-electron chi connectivity index (χ2n) is 3.78. The van der Waals surface area contributed by atoms with Gasteiger partial charge in [0.15, 0.2) is 0 Å². The van der Waals surface area contributed by atoms with E-state index in [0.29, 0.717) is 0 Å². The van der Waals surface area contributed by atoms with Crippen molar-refractivity contribution in [3.05, 3.63) is 34.8 Å². The Bertz CT molecular complexity index is 479. The van der Waals surface area contributed by atoms with Crippen LogP contribution in [0, 0.1) is 6.92 Å². The molecular formula is C12H15N3S. The molecule has 0 aliphatic rings.